The quantitative estimate of drug-likeness (QED) is 0.300. The lowest BCUT2D eigenvalue weighted by Crippen LogP contribution is -2.31. The molecule has 6 nitrogen and oxygen atoms in total. The smallest absolute Gasteiger partial charge is 0.261 e. The summed E-state index contributed by atoms with van der Waals surface area (Å²) in [6.45, 7) is 0.287. The third-order valence-electron chi connectivity index (χ3n) is 5.17. The predicted octanol–water partition coefficient (Wildman–Crippen LogP) is 4.98. The van der Waals surface area contributed by atoms with Gasteiger partial charge in [0.05, 0.1) is 11.1 Å². The number of carbonyl (C=O) groups excluding carboxylic acids is 2. The van der Waals surface area contributed by atoms with E-state index in [2.05, 4.69) is 10.2 Å². The van der Waals surface area contributed by atoms with Crippen LogP contribution in [0.15, 0.2) is 84.0 Å². The zero-order valence-electron chi connectivity index (χ0n) is 16.8. The number of aromatic nitrogens is 3. The van der Waals surface area contributed by atoms with Gasteiger partial charge in [-0.3, -0.25) is 19.1 Å². The fourth-order valence-corrected chi connectivity index (χ4v) is 4.63. The van der Waals surface area contributed by atoms with Gasteiger partial charge >= 0.3 is 0 Å². The lowest BCUT2D eigenvalue weighted by Gasteiger charge is -2.14. The molecule has 0 N–H and O–H groups in total. The molecule has 8 heteroatoms. The Morgan fingerprint density at radius 1 is 0.781 bits per heavy atom. The van der Waals surface area contributed by atoms with Crippen molar-refractivity contribution in [1.29, 1.82) is 0 Å². The lowest BCUT2D eigenvalue weighted by atomic mass is 10.1. The van der Waals surface area contributed by atoms with Gasteiger partial charge < -0.3 is 0 Å². The summed E-state index contributed by atoms with van der Waals surface area (Å²) in [5.41, 5.74) is 2.73. The highest BCUT2D eigenvalue weighted by Gasteiger charge is 2.34. The Kier molecular flexibility index (Phi) is 5.51. The highest BCUT2D eigenvalue weighted by atomic mass is 35.5. The molecule has 3 aromatic carbocycles. The summed E-state index contributed by atoms with van der Waals surface area (Å²) in [6.07, 6.45) is 0. The molecule has 1 aliphatic rings. The van der Waals surface area contributed by atoms with Crippen LogP contribution >= 0.6 is 23.4 Å². The summed E-state index contributed by atoms with van der Waals surface area (Å²) >= 11 is 7.49. The van der Waals surface area contributed by atoms with Gasteiger partial charge in [-0.2, -0.15) is 0 Å². The third-order valence-corrected chi connectivity index (χ3v) is 6.34. The number of benzene rings is 3. The summed E-state index contributed by atoms with van der Waals surface area (Å²) < 4.78 is 1.97. The number of imide groups is 1. The molecule has 0 radical (unpaired) electrons. The van der Waals surface area contributed by atoms with Crippen molar-refractivity contribution in [2.45, 2.75) is 5.16 Å². The fourth-order valence-electron chi connectivity index (χ4n) is 3.63. The van der Waals surface area contributed by atoms with E-state index in [0.717, 1.165) is 11.3 Å². The zero-order chi connectivity index (χ0) is 22.1. The molecule has 32 heavy (non-hydrogen) atoms. The van der Waals surface area contributed by atoms with E-state index in [0.29, 0.717) is 32.9 Å². The molecule has 158 valence electrons. The van der Waals surface area contributed by atoms with Gasteiger partial charge in [-0.25, -0.2) is 0 Å². The molecule has 2 heterocycles. The molecule has 1 aliphatic heterocycles. The van der Waals surface area contributed by atoms with Crippen LogP contribution in [-0.4, -0.2) is 43.8 Å². The monoisotopic (exact) mass is 460 g/mol. The summed E-state index contributed by atoms with van der Waals surface area (Å²) in [6, 6.07) is 24.2. The van der Waals surface area contributed by atoms with Crippen molar-refractivity contribution in [2.75, 3.05) is 12.3 Å². The van der Waals surface area contributed by atoms with Gasteiger partial charge in [0.25, 0.3) is 11.8 Å². The number of halogens is 1. The lowest BCUT2D eigenvalue weighted by molar-refractivity contribution is 0.0664. The number of fused-ring (bicyclic) bond motifs is 1. The number of nitrogens with zero attached hydrogens (tertiary/aromatic N) is 4. The van der Waals surface area contributed by atoms with Gasteiger partial charge in [0.2, 0.25) is 0 Å². The van der Waals surface area contributed by atoms with E-state index in [9.17, 15) is 9.59 Å². The molecule has 4 aromatic rings. The van der Waals surface area contributed by atoms with E-state index in [-0.39, 0.29) is 18.4 Å². The molecular formula is C24H17ClN4O2S. The first-order chi connectivity index (χ1) is 15.6. The van der Waals surface area contributed by atoms with E-state index in [1.54, 1.807) is 24.3 Å². The molecule has 5 rings (SSSR count). The van der Waals surface area contributed by atoms with Gasteiger partial charge in [-0.05, 0) is 48.5 Å². The SMILES string of the molecule is O=C1c2ccccc2C(=O)N1CCSc1nnc(-c2ccc(Cl)cc2)n1-c1ccccc1. The molecule has 0 unspecified atom stereocenters. The van der Waals surface area contributed by atoms with Crippen LogP contribution in [0.4, 0.5) is 0 Å². The molecule has 0 atom stereocenters. The second-order valence-electron chi connectivity index (χ2n) is 7.14. The Morgan fingerprint density at radius 2 is 1.41 bits per heavy atom. The average molecular weight is 461 g/mol. The van der Waals surface area contributed by atoms with E-state index in [1.807, 2.05) is 59.2 Å². The first kappa shape index (κ1) is 20.5. The molecule has 0 fully saturated rings. The topological polar surface area (TPSA) is 68.1 Å². The number of thioether (sulfide) groups is 1. The van der Waals surface area contributed by atoms with Crippen LogP contribution in [0.5, 0.6) is 0 Å². The normalized spacial score (nSPS) is 13.0. The first-order valence-electron chi connectivity index (χ1n) is 9.98. The Morgan fingerprint density at radius 3 is 2.06 bits per heavy atom. The summed E-state index contributed by atoms with van der Waals surface area (Å²) in [5, 5.41) is 10.1. The van der Waals surface area contributed by atoms with E-state index < -0.39 is 0 Å². The van der Waals surface area contributed by atoms with Crippen molar-refractivity contribution in [3.63, 3.8) is 0 Å². The van der Waals surface area contributed by atoms with Crippen LogP contribution < -0.4 is 0 Å². The Bertz CT molecular complexity index is 1270. The summed E-state index contributed by atoms with van der Waals surface area (Å²) in [5.74, 6) is 0.683. The van der Waals surface area contributed by atoms with Crippen molar-refractivity contribution >= 4 is 35.2 Å². The van der Waals surface area contributed by atoms with Crippen molar-refractivity contribution in [2.24, 2.45) is 0 Å². The van der Waals surface area contributed by atoms with Crippen molar-refractivity contribution < 1.29 is 9.59 Å². The Hall–Kier alpha value is -3.42. The van der Waals surface area contributed by atoms with Crippen LogP contribution in [0, 0.1) is 0 Å². The highest BCUT2D eigenvalue weighted by Crippen LogP contribution is 2.29. The maximum Gasteiger partial charge on any atom is 0.261 e. The Labute approximate surface area is 193 Å². The number of para-hydroxylation sites is 1. The van der Waals surface area contributed by atoms with Gasteiger partial charge in [0, 0.05) is 28.6 Å². The largest absolute Gasteiger partial charge is 0.273 e. The van der Waals surface area contributed by atoms with Gasteiger partial charge in [-0.1, -0.05) is 53.7 Å². The van der Waals surface area contributed by atoms with E-state index >= 15 is 0 Å². The Balaban J connectivity index is 1.39. The number of hydrogen-bond donors (Lipinski definition) is 0. The standard InChI is InChI=1S/C24H17ClN4O2S/c25-17-12-10-16(11-13-17)21-26-27-24(29(21)18-6-2-1-3-7-18)32-15-14-28-22(30)19-8-4-5-9-20(19)23(28)31/h1-13H,14-15H2. The molecule has 1 aromatic heterocycles. The van der Waals surface area contributed by atoms with Crippen LogP contribution in [-0.2, 0) is 0 Å². The van der Waals surface area contributed by atoms with Gasteiger partial charge in [0.1, 0.15) is 0 Å². The number of hydrogen-bond acceptors (Lipinski definition) is 5. The minimum Gasteiger partial charge on any atom is -0.273 e. The zero-order valence-corrected chi connectivity index (χ0v) is 18.4. The first-order valence-corrected chi connectivity index (χ1v) is 11.3. The number of carbonyl (C=O) groups is 2. The van der Waals surface area contributed by atoms with E-state index in [1.165, 1.54) is 16.7 Å². The highest BCUT2D eigenvalue weighted by molar-refractivity contribution is 7.99. The summed E-state index contributed by atoms with van der Waals surface area (Å²) in [7, 11) is 0. The number of rotatable bonds is 6. The van der Waals surface area contributed by atoms with Crippen LogP contribution in [0.2, 0.25) is 5.02 Å². The molecule has 2 amide bonds. The molecule has 0 saturated carbocycles. The van der Waals surface area contributed by atoms with E-state index in [4.69, 9.17) is 11.6 Å². The maximum atomic E-state index is 12.6. The third kappa shape index (κ3) is 3.70. The number of amides is 2. The average Bonchev–Trinajstić information content (AvgIpc) is 3.35. The van der Waals surface area contributed by atoms with Crippen LogP contribution in [0.3, 0.4) is 0 Å². The second-order valence-corrected chi connectivity index (χ2v) is 8.64. The minimum absolute atomic E-state index is 0.252. The molecule has 0 bridgehead atoms. The van der Waals surface area contributed by atoms with Crippen molar-refractivity contribution in [3.8, 4) is 17.1 Å². The predicted molar refractivity (Wildman–Crippen MR) is 124 cm³/mol. The molecule has 0 spiro atoms. The van der Waals surface area contributed by atoms with Gasteiger partial charge in [-0.15, -0.1) is 10.2 Å². The molecular weight excluding hydrogens is 444 g/mol. The van der Waals surface area contributed by atoms with Crippen molar-refractivity contribution in [3.05, 3.63) is 95.0 Å². The van der Waals surface area contributed by atoms with Crippen molar-refractivity contribution in [1.82, 2.24) is 19.7 Å². The fraction of sp³-hybridized carbons (Fsp3) is 0.0833. The van der Waals surface area contributed by atoms with Crippen LogP contribution in [0.1, 0.15) is 20.7 Å². The molecule has 0 aliphatic carbocycles. The minimum atomic E-state index is -0.252. The maximum absolute atomic E-state index is 12.6. The van der Waals surface area contributed by atoms with Crippen LogP contribution in [0.25, 0.3) is 17.1 Å². The van der Waals surface area contributed by atoms with Gasteiger partial charge in [0.15, 0.2) is 11.0 Å². The second kappa shape index (κ2) is 8.61. The molecule has 0 saturated heterocycles. The summed E-state index contributed by atoms with van der Waals surface area (Å²) in [4.78, 5) is 26.5.